The van der Waals surface area contributed by atoms with Crippen LogP contribution in [0, 0.1) is 17.8 Å². The van der Waals surface area contributed by atoms with Crippen molar-refractivity contribution in [1.82, 2.24) is 0 Å². The van der Waals surface area contributed by atoms with Gasteiger partial charge in [0.2, 0.25) is 0 Å². The maximum absolute atomic E-state index is 11.0. The quantitative estimate of drug-likeness (QED) is 0.469. The topological polar surface area (TPSA) is 80.3 Å². The van der Waals surface area contributed by atoms with E-state index in [2.05, 4.69) is 0 Å². The van der Waals surface area contributed by atoms with Gasteiger partial charge in [-0.25, -0.2) is 0 Å². The maximum atomic E-state index is 11.0. The molecule has 0 aliphatic heterocycles. The minimum absolute atomic E-state index is 0. The van der Waals surface area contributed by atoms with Gasteiger partial charge >= 0.3 is 59.1 Å². The van der Waals surface area contributed by atoms with Gasteiger partial charge in [0, 0.05) is 23.8 Å². The summed E-state index contributed by atoms with van der Waals surface area (Å²) in [6, 6.07) is 0. The van der Waals surface area contributed by atoms with Crippen LogP contribution in [-0.4, -0.2) is 11.9 Å². The van der Waals surface area contributed by atoms with E-state index in [-0.39, 0.29) is 65.0 Å². The Kier molecular flexibility index (Phi) is 11.7. The van der Waals surface area contributed by atoms with Crippen molar-refractivity contribution in [1.29, 1.82) is 0 Å². The molecule has 0 saturated heterocycles. The van der Waals surface area contributed by atoms with Crippen molar-refractivity contribution in [2.45, 2.75) is 39.0 Å². The third-order valence-electron chi connectivity index (χ3n) is 3.27. The first-order valence-corrected chi connectivity index (χ1v) is 5.49. The van der Waals surface area contributed by atoms with E-state index in [0.29, 0.717) is 6.42 Å². The predicted molar refractivity (Wildman–Crippen MR) is 49.2 cm³/mol. The molecule has 0 spiro atoms. The average molecular weight is 258 g/mol. The van der Waals surface area contributed by atoms with Gasteiger partial charge in [-0.1, -0.05) is 26.2 Å². The van der Waals surface area contributed by atoms with E-state index < -0.39 is 23.8 Å². The van der Waals surface area contributed by atoms with Gasteiger partial charge < -0.3 is 19.8 Å². The minimum Gasteiger partial charge on any atom is -0.550 e. The molecule has 0 heterocycles. The number of carbonyl (C=O) groups excluding carboxylic acids is 2. The molecule has 1 fully saturated rings. The smallest absolute Gasteiger partial charge is 0.550 e. The second kappa shape index (κ2) is 9.82. The number of hydrogen-bond acceptors (Lipinski definition) is 4. The molecule has 1 saturated carbocycles. The van der Waals surface area contributed by atoms with Crippen molar-refractivity contribution < 1.29 is 78.9 Å². The molecule has 0 N–H and O–H groups in total. The number of carboxylic acids is 2. The fourth-order valence-electron chi connectivity index (χ4n) is 2.60. The van der Waals surface area contributed by atoms with Crippen molar-refractivity contribution in [3.8, 4) is 0 Å². The molecule has 0 aromatic rings. The largest absolute Gasteiger partial charge is 1.00 e. The van der Waals surface area contributed by atoms with Gasteiger partial charge in [0.25, 0.3) is 0 Å². The molecule has 4 nitrogen and oxygen atoms in total. The standard InChI is InChI=1S/C11H18O4.2Na/c1-2-4-7-5-3-6-8(10(12)13)9(7)11(14)15;;/h7-9H,2-6H2,1H3,(H,12,13)(H,14,15);;/q;2*+1/p-2. The Bertz CT molecular complexity index is 256. The zero-order valence-electron chi connectivity index (χ0n) is 10.9. The summed E-state index contributed by atoms with van der Waals surface area (Å²) < 4.78 is 0. The summed E-state index contributed by atoms with van der Waals surface area (Å²) in [6.45, 7) is 1.97. The molecule has 3 atom stereocenters. The number of carbonyl (C=O) groups is 2. The van der Waals surface area contributed by atoms with Gasteiger partial charge in [0.05, 0.1) is 0 Å². The Balaban J connectivity index is 0. The van der Waals surface area contributed by atoms with E-state index in [1.54, 1.807) is 0 Å². The Morgan fingerprint density at radius 2 is 1.71 bits per heavy atom. The monoisotopic (exact) mass is 258 g/mol. The SMILES string of the molecule is CCCC1CCCC(C(=O)[O-])C1C(=O)[O-].[Na+].[Na+]. The van der Waals surface area contributed by atoms with Crippen LogP contribution in [0.5, 0.6) is 0 Å². The summed E-state index contributed by atoms with van der Waals surface area (Å²) in [4.78, 5) is 21.8. The first-order chi connectivity index (χ1) is 7.07. The van der Waals surface area contributed by atoms with Crippen LogP contribution in [0.4, 0.5) is 0 Å². The summed E-state index contributed by atoms with van der Waals surface area (Å²) >= 11 is 0. The number of aliphatic carboxylic acids is 2. The zero-order valence-corrected chi connectivity index (χ0v) is 14.9. The van der Waals surface area contributed by atoms with Crippen molar-refractivity contribution >= 4 is 11.9 Å². The van der Waals surface area contributed by atoms with E-state index in [1.807, 2.05) is 6.92 Å². The van der Waals surface area contributed by atoms with E-state index in [0.717, 1.165) is 25.7 Å². The fraction of sp³-hybridized carbons (Fsp3) is 0.818. The van der Waals surface area contributed by atoms with E-state index in [1.165, 1.54) is 0 Å². The van der Waals surface area contributed by atoms with E-state index >= 15 is 0 Å². The van der Waals surface area contributed by atoms with Crippen molar-refractivity contribution in [2.24, 2.45) is 17.8 Å². The van der Waals surface area contributed by atoms with Crippen LogP contribution in [0.15, 0.2) is 0 Å². The molecule has 0 radical (unpaired) electrons. The normalized spacial score (nSPS) is 27.5. The number of rotatable bonds is 4. The summed E-state index contributed by atoms with van der Waals surface area (Å²) in [5.74, 6) is -4.26. The fourth-order valence-corrected chi connectivity index (χ4v) is 2.60. The van der Waals surface area contributed by atoms with Crippen LogP contribution in [0.25, 0.3) is 0 Å². The Hall–Kier alpha value is 0.940. The van der Waals surface area contributed by atoms with E-state index in [4.69, 9.17) is 0 Å². The van der Waals surface area contributed by atoms with Gasteiger partial charge in [-0.15, -0.1) is 0 Å². The Morgan fingerprint density at radius 3 is 2.12 bits per heavy atom. The molecule has 0 aromatic carbocycles. The molecule has 3 unspecified atom stereocenters. The number of hydrogen-bond donors (Lipinski definition) is 0. The van der Waals surface area contributed by atoms with Crippen LogP contribution in [0.3, 0.4) is 0 Å². The van der Waals surface area contributed by atoms with Gasteiger partial charge in [-0.3, -0.25) is 0 Å². The number of carboxylic acid groups (broad SMARTS) is 2. The first-order valence-electron chi connectivity index (χ1n) is 5.49. The van der Waals surface area contributed by atoms with Gasteiger partial charge in [0.1, 0.15) is 0 Å². The second-order valence-corrected chi connectivity index (χ2v) is 4.25. The van der Waals surface area contributed by atoms with Crippen LogP contribution >= 0.6 is 0 Å². The molecule has 0 bridgehead atoms. The Morgan fingerprint density at radius 1 is 1.12 bits per heavy atom. The molecule has 1 rings (SSSR count). The molecule has 6 heteroatoms. The summed E-state index contributed by atoms with van der Waals surface area (Å²) in [5.41, 5.74) is 0. The third-order valence-corrected chi connectivity index (χ3v) is 3.27. The van der Waals surface area contributed by atoms with Gasteiger partial charge in [0.15, 0.2) is 0 Å². The van der Waals surface area contributed by atoms with Crippen molar-refractivity contribution in [3.05, 3.63) is 0 Å². The predicted octanol–water partition coefficient (Wildman–Crippen LogP) is -6.67. The molecule has 0 amide bonds. The second-order valence-electron chi connectivity index (χ2n) is 4.25. The van der Waals surface area contributed by atoms with Crippen LogP contribution in [-0.2, 0) is 9.59 Å². The van der Waals surface area contributed by atoms with Crippen molar-refractivity contribution in [2.75, 3.05) is 0 Å². The summed E-state index contributed by atoms with van der Waals surface area (Å²) in [7, 11) is 0. The third kappa shape index (κ3) is 5.62. The molecule has 0 aromatic heterocycles. The molecule has 17 heavy (non-hydrogen) atoms. The van der Waals surface area contributed by atoms with Gasteiger partial charge in [-0.2, -0.15) is 0 Å². The zero-order chi connectivity index (χ0) is 11.4. The van der Waals surface area contributed by atoms with Crippen LogP contribution in [0.1, 0.15) is 39.0 Å². The van der Waals surface area contributed by atoms with Gasteiger partial charge in [-0.05, 0) is 18.8 Å². The minimum atomic E-state index is -1.25. The van der Waals surface area contributed by atoms with Crippen LogP contribution in [0.2, 0.25) is 0 Å². The van der Waals surface area contributed by atoms with Crippen molar-refractivity contribution in [3.63, 3.8) is 0 Å². The molecule has 86 valence electrons. The molecule has 1 aliphatic rings. The Labute approximate surface area is 146 Å². The molecular formula is C11H16Na2O4. The first kappa shape index (κ1) is 20.3. The molecular weight excluding hydrogens is 242 g/mol. The summed E-state index contributed by atoms with van der Waals surface area (Å²) in [6.07, 6.45) is 3.58. The van der Waals surface area contributed by atoms with E-state index in [9.17, 15) is 19.8 Å². The van der Waals surface area contributed by atoms with Crippen LogP contribution < -0.4 is 69.3 Å². The summed E-state index contributed by atoms with van der Waals surface area (Å²) in [5, 5.41) is 21.8. The maximum Gasteiger partial charge on any atom is 1.00 e. The molecule has 1 aliphatic carbocycles. The average Bonchev–Trinajstić information content (AvgIpc) is 2.17.